The highest BCUT2D eigenvalue weighted by Gasteiger charge is 2.36. The van der Waals surface area contributed by atoms with Gasteiger partial charge in [0.05, 0.1) is 5.69 Å². The Hall–Kier alpha value is -0.830. The van der Waals surface area contributed by atoms with Crippen molar-refractivity contribution in [1.82, 2.24) is 15.1 Å². The van der Waals surface area contributed by atoms with Crippen molar-refractivity contribution in [1.29, 1.82) is 0 Å². The monoisotopic (exact) mass is 247 g/mol. The van der Waals surface area contributed by atoms with E-state index in [1.165, 1.54) is 49.3 Å². The molecule has 1 aliphatic carbocycles. The van der Waals surface area contributed by atoms with Gasteiger partial charge in [-0.15, -0.1) is 0 Å². The predicted octanol–water partition coefficient (Wildman–Crippen LogP) is 2.37. The molecule has 3 nitrogen and oxygen atoms in total. The molecule has 3 rings (SSSR count). The van der Waals surface area contributed by atoms with Gasteiger partial charge < -0.3 is 4.90 Å². The molecule has 1 N–H and O–H groups in total. The Morgan fingerprint density at radius 2 is 2.00 bits per heavy atom. The number of aromatic nitrogens is 2. The molecule has 0 radical (unpaired) electrons. The van der Waals surface area contributed by atoms with E-state index in [4.69, 9.17) is 0 Å². The number of aromatic amines is 1. The Kier molecular flexibility index (Phi) is 2.77. The van der Waals surface area contributed by atoms with Crippen LogP contribution >= 0.6 is 0 Å². The van der Waals surface area contributed by atoms with E-state index in [-0.39, 0.29) is 5.41 Å². The quantitative estimate of drug-likeness (QED) is 0.763. The molecule has 0 aromatic carbocycles. The predicted molar refractivity (Wildman–Crippen MR) is 73.8 cm³/mol. The van der Waals surface area contributed by atoms with Crippen molar-refractivity contribution in [2.24, 2.45) is 11.8 Å². The highest BCUT2D eigenvalue weighted by atomic mass is 15.1. The zero-order valence-electron chi connectivity index (χ0n) is 12.1. The van der Waals surface area contributed by atoms with Gasteiger partial charge in [0.1, 0.15) is 0 Å². The largest absolute Gasteiger partial charge is 0.306 e. The Balaban J connectivity index is 1.91. The number of hydrogen-bond acceptors (Lipinski definition) is 2. The van der Waals surface area contributed by atoms with Crippen molar-refractivity contribution < 1.29 is 0 Å². The first-order valence-electron chi connectivity index (χ1n) is 7.20. The summed E-state index contributed by atoms with van der Waals surface area (Å²) in [7, 11) is 2.26. The molecule has 0 amide bonds. The first kappa shape index (κ1) is 12.2. The Bertz CT molecular complexity index is 441. The number of H-pyrrole nitrogens is 1. The average molecular weight is 247 g/mol. The molecule has 1 fully saturated rings. The highest BCUT2D eigenvalue weighted by molar-refractivity contribution is 5.33. The molecule has 0 bridgehead atoms. The van der Waals surface area contributed by atoms with Crippen molar-refractivity contribution in [3.8, 4) is 0 Å². The molecule has 100 valence electrons. The van der Waals surface area contributed by atoms with Crippen LogP contribution in [0.25, 0.3) is 0 Å². The fraction of sp³-hybridized carbons (Fsp3) is 0.800. The molecule has 0 saturated carbocycles. The van der Waals surface area contributed by atoms with Crippen LogP contribution < -0.4 is 0 Å². The van der Waals surface area contributed by atoms with E-state index in [0.29, 0.717) is 0 Å². The number of nitrogens with zero attached hydrogens (tertiary/aromatic N) is 2. The minimum atomic E-state index is 0.164. The molecule has 18 heavy (non-hydrogen) atoms. The second-order valence-electron chi connectivity index (χ2n) is 7.26. The normalized spacial score (nSPS) is 28.9. The maximum atomic E-state index is 4.61. The van der Waals surface area contributed by atoms with Crippen molar-refractivity contribution in [2.75, 3.05) is 20.1 Å². The molecule has 3 heteroatoms. The lowest BCUT2D eigenvalue weighted by Gasteiger charge is -2.40. The topological polar surface area (TPSA) is 31.9 Å². The molecule has 1 saturated heterocycles. The van der Waals surface area contributed by atoms with E-state index in [1.54, 1.807) is 0 Å². The minimum absolute atomic E-state index is 0.164. The summed E-state index contributed by atoms with van der Waals surface area (Å²) < 4.78 is 0. The second-order valence-corrected chi connectivity index (χ2v) is 7.26. The summed E-state index contributed by atoms with van der Waals surface area (Å²) in [6.45, 7) is 9.32. The molecule has 2 atom stereocenters. The van der Waals surface area contributed by atoms with Crippen LogP contribution in [-0.2, 0) is 18.3 Å². The first-order valence-corrected chi connectivity index (χ1v) is 7.20. The SMILES string of the molecule is CN1CC[C@H]2Cc3[nH]nc(C(C)(C)C)c3C[C@@H]2C1. The molecule has 0 spiro atoms. The number of piperidine rings is 1. The lowest BCUT2D eigenvalue weighted by Crippen LogP contribution is -2.42. The zero-order valence-corrected chi connectivity index (χ0v) is 12.1. The van der Waals surface area contributed by atoms with Gasteiger partial charge >= 0.3 is 0 Å². The van der Waals surface area contributed by atoms with Crippen molar-refractivity contribution in [3.05, 3.63) is 17.0 Å². The van der Waals surface area contributed by atoms with Gasteiger partial charge in [-0.3, -0.25) is 5.10 Å². The third-order valence-corrected chi connectivity index (χ3v) is 4.69. The number of nitrogens with one attached hydrogen (secondary N) is 1. The van der Waals surface area contributed by atoms with Gasteiger partial charge in [0.25, 0.3) is 0 Å². The van der Waals surface area contributed by atoms with Crippen LogP contribution in [0.15, 0.2) is 0 Å². The average Bonchev–Trinajstić information content (AvgIpc) is 2.68. The summed E-state index contributed by atoms with van der Waals surface area (Å²) in [5.41, 5.74) is 4.41. The summed E-state index contributed by atoms with van der Waals surface area (Å²) in [5.74, 6) is 1.72. The fourth-order valence-electron chi connectivity index (χ4n) is 3.70. The number of likely N-dealkylation sites (tertiary alicyclic amines) is 1. The molecular formula is C15H25N3. The summed E-state index contributed by atoms with van der Waals surface area (Å²) in [6, 6.07) is 0. The third-order valence-electron chi connectivity index (χ3n) is 4.69. The van der Waals surface area contributed by atoms with Gasteiger partial charge in [0, 0.05) is 17.7 Å². The Labute approximate surface area is 110 Å². The zero-order chi connectivity index (χ0) is 12.9. The second kappa shape index (κ2) is 4.09. The minimum Gasteiger partial charge on any atom is -0.306 e. The van der Waals surface area contributed by atoms with Crippen molar-refractivity contribution in [3.63, 3.8) is 0 Å². The standard InChI is InChI=1S/C15H25N3/c1-15(2,3)14-12-7-11-9-18(4)6-5-10(11)8-13(12)16-17-14/h10-11H,5-9H2,1-4H3,(H,16,17)/t10-,11+/m0/s1. The molecule has 1 aromatic rings. The Morgan fingerprint density at radius 1 is 1.22 bits per heavy atom. The van der Waals surface area contributed by atoms with Crippen LogP contribution in [0, 0.1) is 11.8 Å². The van der Waals surface area contributed by atoms with Crippen LogP contribution in [0.3, 0.4) is 0 Å². The molecule has 2 heterocycles. The lowest BCUT2D eigenvalue weighted by molar-refractivity contribution is 0.133. The van der Waals surface area contributed by atoms with E-state index in [1.807, 2.05) is 0 Å². The fourth-order valence-corrected chi connectivity index (χ4v) is 3.70. The van der Waals surface area contributed by atoms with Gasteiger partial charge in [-0.2, -0.15) is 5.10 Å². The molecular weight excluding hydrogens is 222 g/mol. The highest BCUT2D eigenvalue weighted by Crippen LogP contribution is 2.38. The lowest BCUT2D eigenvalue weighted by atomic mass is 9.72. The van der Waals surface area contributed by atoms with Crippen LogP contribution in [-0.4, -0.2) is 35.2 Å². The molecule has 1 aliphatic heterocycles. The van der Waals surface area contributed by atoms with Crippen LogP contribution in [0.1, 0.15) is 44.1 Å². The smallest absolute Gasteiger partial charge is 0.0710 e. The van der Waals surface area contributed by atoms with Crippen LogP contribution in [0.4, 0.5) is 0 Å². The molecule has 0 unspecified atom stereocenters. The maximum Gasteiger partial charge on any atom is 0.0710 e. The first-order chi connectivity index (χ1) is 8.45. The van der Waals surface area contributed by atoms with Crippen molar-refractivity contribution >= 4 is 0 Å². The molecule has 2 aliphatic rings. The van der Waals surface area contributed by atoms with E-state index in [0.717, 1.165) is 11.8 Å². The van der Waals surface area contributed by atoms with E-state index < -0.39 is 0 Å². The number of fused-ring (bicyclic) bond motifs is 2. The Morgan fingerprint density at radius 3 is 2.72 bits per heavy atom. The molecule has 1 aromatic heterocycles. The van der Waals surface area contributed by atoms with Gasteiger partial charge in [-0.05, 0) is 50.3 Å². The van der Waals surface area contributed by atoms with Gasteiger partial charge in [-0.1, -0.05) is 20.8 Å². The van der Waals surface area contributed by atoms with E-state index in [2.05, 4.69) is 42.9 Å². The van der Waals surface area contributed by atoms with Crippen LogP contribution in [0.2, 0.25) is 0 Å². The third kappa shape index (κ3) is 1.99. The summed E-state index contributed by atoms with van der Waals surface area (Å²) in [6.07, 6.45) is 3.80. The number of hydrogen-bond donors (Lipinski definition) is 1. The summed E-state index contributed by atoms with van der Waals surface area (Å²) >= 11 is 0. The van der Waals surface area contributed by atoms with Crippen LogP contribution in [0.5, 0.6) is 0 Å². The summed E-state index contributed by atoms with van der Waals surface area (Å²) in [5, 5.41) is 7.92. The maximum absolute atomic E-state index is 4.61. The van der Waals surface area contributed by atoms with Crippen molar-refractivity contribution in [2.45, 2.75) is 45.4 Å². The van der Waals surface area contributed by atoms with E-state index in [9.17, 15) is 0 Å². The van der Waals surface area contributed by atoms with Gasteiger partial charge in [-0.25, -0.2) is 0 Å². The number of rotatable bonds is 0. The van der Waals surface area contributed by atoms with Gasteiger partial charge in [0.2, 0.25) is 0 Å². The van der Waals surface area contributed by atoms with E-state index >= 15 is 0 Å². The van der Waals surface area contributed by atoms with Gasteiger partial charge in [0.15, 0.2) is 0 Å². The summed E-state index contributed by atoms with van der Waals surface area (Å²) in [4.78, 5) is 2.49.